The standard InChI is InChI=1S/2C60H71N3/c2*1-24-63-59-39(16)33(10)47(45-31(8)37(14)57-51(41(45)18)49-29(6)25(2)27(4)35(12)55(49)61(57)22)43(20)53(59)54-44(21)48(34(11)40(17)60(54)63)46-32(9)38(15)58-52(42(46)19)50-30(7)26(3)28(5)36(13)56(50)62(58)23/h2*24H2,1-23H3. The van der Waals surface area contributed by atoms with Crippen LogP contribution in [0.2, 0.25) is 0 Å². The first-order valence-electron chi connectivity index (χ1n) is 47.0. The van der Waals surface area contributed by atoms with Crippen LogP contribution in [-0.2, 0) is 41.3 Å². The maximum absolute atomic E-state index is 2.66. The molecule has 6 aromatic heterocycles. The van der Waals surface area contributed by atoms with Gasteiger partial charge in [-0.1, -0.05) is 0 Å². The van der Waals surface area contributed by atoms with Crippen LogP contribution in [0.5, 0.6) is 0 Å². The van der Waals surface area contributed by atoms with Crippen molar-refractivity contribution in [2.45, 2.75) is 304 Å². The van der Waals surface area contributed by atoms with Crippen molar-refractivity contribution in [3.05, 3.63) is 223 Å². The van der Waals surface area contributed by atoms with Gasteiger partial charge in [0.2, 0.25) is 0 Å². The average Bonchev–Trinajstić information content (AvgIpc) is 1.52. The molecule has 12 aromatic carbocycles. The molecule has 0 atom stereocenters. The SMILES string of the molecule is CCn1c2c(C)c(C)c(-c3c(C)c(C)c4c(c3C)c3c(C)c(C)c(C)c(C)c3n4C)c(C)c2c2c(C)c(-c3c(C)c(C)c4c(c3C)c3c(C)c(C)c(C)c(C)c3n4C)c(C)c(C)c21.CCn1c2c(C)c(C)c(-c3c(C)c(C)c4c(c3C)c3c(C)c(C)c(C)c(C)c3n4C)c(C)c2c2c(C)c(-c3c(C)c(C)c4c(c3C)c3c(C)c(C)c(C)c(C)c3n4C)c(C)c(C)c21. The fourth-order valence-corrected chi connectivity index (χ4v) is 26.9. The molecule has 0 fully saturated rings. The zero-order valence-electron chi connectivity index (χ0n) is 86.1. The summed E-state index contributed by atoms with van der Waals surface area (Å²) in [5, 5.41) is 17.1. The molecule has 0 spiro atoms. The van der Waals surface area contributed by atoms with Crippen molar-refractivity contribution in [2.24, 2.45) is 28.2 Å². The molecule has 0 unspecified atom stereocenters. The molecule has 0 saturated carbocycles. The van der Waals surface area contributed by atoms with Gasteiger partial charge >= 0.3 is 0 Å². The van der Waals surface area contributed by atoms with E-state index in [4.69, 9.17) is 0 Å². The number of hydrogen-bond acceptors (Lipinski definition) is 0. The van der Waals surface area contributed by atoms with Crippen LogP contribution in [-0.4, -0.2) is 27.4 Å². The molecule has 652 valence electrons. The third kappa shape index (κ3) is 10.5. The smallest absolute Gasteiger partial charge is 0.0526 e. The van der Waals surface area contributed by atoms with E-state index in [-0.39, 0.29) is 0 Å². The number of hydrogen-bond donors (Lipinski definition) is 0. The van der Waals surface area contributed by atoms with E-state index in [1.54, 1.807) is 0 Å². The lowest BCUT2D eigenvalue weighted by molar-refractivity contribution is 0.821. The highest BCUT2D eigenvalue weighted by Crippen LogP contribution is 2.57. The van der Waals surface area contributed by atoms with Crippen LogP contribution in [0.1, 0.15) is 236 Å². The topological polar surface area (TPSA) is 29.6 Å². The highest BCUT2D eigenvalue weighted by Gasteiger charge is 2.36. The molecule has 0 saturated heterocycles. The van der Waals surface area contributed by atoms with Gasteiger partial charge in [0, 0.05) is 106 Å². The maximum Gasteiger partial charge on any atom is 0.0526 e. The normalized spacial score (nSPS) is 12.4. The van der Waals surface area contributed by atoms with Gasteiger partial charge in [0.1, 0.15) is 0 Å². The summed E-state index contributed by atoms with van der Waals surface area (Å²) in [5.74, 6) is 0. The van der Waals surface area contributed by atoms with E-state index in [1.807, 2.05) is 0 Å². The average molecular weight is 1670 g/mol. The van der Waals surface area contributed by atoms with Gasteiger partial charge in [-0.3, -0.25) is 0 Å². The molecule has 0 bridgehead atoms. The monoisotopic (exact) mass is 1670 g/mol. The zero-order valence-corrected chi connectivity index (χ0v) is 86.1. The van der Waals surface area contributed by atoms with Crippen LogP contribution in [0.25, 0.3) is 175 Å². The molecule has 18 rings (SSSR count). The maximum atomic E-state index is 2.66. The Morgan fingerprint density at radius 3 is 0.333 bits per heavy atom. The van der Waals surface area contributed by atoms with Gasteiger partial charge < -0.3 is 27.4 Å². The van der Waals surface area contributed by atoms with Gasteiger partial charge in [-0.25, -0.2) is 0 Å². The van der Waals surface area contributed by atoms with Crippen molar-refractivity contribution in [3.8, 4) is 44.5 Å². The summed E-state index contributed by atoms with van der Waals surface area (Å²) >= 11 is 0. The molecule has 0 aliphatic heterocycles. The predicted octanol–water partition coefficient (Wildman–Crippen LogP) is 33.2. The zero-order chi connectivity index (χ0) is 92.4. The molecule has 6 heteroatoms. The minimum atomic E-state index is 0.922. The minimum Gasteiger partial charge on any atom is -0.343 e. The molecule has 6 nitrogen and oxygen atoms in total. The third-order valence-electron chi connectivity index (χ3n) is 35.7. The number of benzene rings is 12. The Kier molecular flexibility index (Phi) is 20.1. The summed E-state index contributed by atoms with van der Waals surface area (Å²) in [6.45, 7) is 101. The van der Waals surface area contributed by atoms with Crippen molar-refractivity contribution < 1.29 is 0 Å². The summed E-state index contributed by atoms with van der Waals surface area (Å²) in [7, 11) is 9.17. The van der Waals surface area contributed by atoms with Crippen LogP contribution < -0.4 is 0 Å². The van der Waals surface area contributed by atoms with Crippen LogP contribution in [0.3, 0.4) is 0 Å². The van der Waals surface area contributed by atoms with Crippen molar-refractivity contribution in [1.82, 2.24) is 27.4 Å². The second-order valence-electron chi connectivity index (χ2n) is 40.4. The first kappa shape index (κ1) is 87.5. The van der Waals surface area contributed by atoms with Crippen LogP contribution >= 0.6 is 0 Å². The molecule has 0 aliphatic rings. The van der Waals surface area contributed by atoms with Crippen molar-refractivity contribution in [1.29, 1.82) is 0 Å². The summed E-state index contributed by atoms with van der Waals surface area (Å²) in [4.78, 5) is 0. The molecule has 0 aliphatic carbocycles. The lowest BCUT2D eigenvalue weighted by Gasteiger charge is -2.23. The molecule has 0 amide bonds. The molecular weight excluding hydrogens is 1530 g/mol. The van der Waals surface area contributed by atoms with Crippen molar-refractivity contribution in [2.75, 3.05) is 0 Å². The Balaban J connectivity index is 0.000000178. The van der Waals surface area contributed by atoms with Crippen molar-refractivity contribution >= 4 is 131 Å². The largest absolute Gasteiger partial charge is 0.343 e. The molecule has 18 aromatic rings. The van der Waals surface area contributed by atoms with E-state index in [0.717, 1.165) is 13.1 Å². The lowest BCUT2D eigenvalue weighted by atomic mass is 9.80. The van der Waals surface area contributed by atoms with Gasteiger partial charge in [-0.2, -0.15) is 0 Å². The Hall–Kier alpha value is -10.6. The number of aryl methyl sites for hydroxylation is 30. The van der Waals surface area contributed by atoms with Gasteiger partial charge in [0.05, 0.1) is 66.2 Å². The van der Waals surface area contributed by atoms with E-state index in [2.05, 4.69) is 346 Å². The van der Waals surface area contributed by atoms with E-state index >= 15 is 0 Å². The summed E-state index contributed by atoms with van der Waals surface area (Å²) < 4.78 is 15.3. The van der Waals surface area contributed by atoms with Crippen LogP contribution in [0.15, 0.2) is 0 Å². The quantitative estimate of drug-likeness (QED) is 0.159. The van der Waals surface area contributed by atoms with Crippen LogP contribution in [0, 0.1) is 277 Å². The lowest BCUT2D eigenvalue weighted by Crippen LogP contribution is -2.04. The fraction of sp³-hybridized carbons (Fsp3) is 0.400. The first-order chi connectivity index (χ1) is 59.0. The number of rotatable bonds is 6. The Bertz CT molecular complexity index is 7280. The molecule has 126 heavy (non-hydrogen) atoms. The minimum absolute atomic E-state index is 0.922. The van der Waals surface area contributed by atoms with Gasteiger partial charge in [-0.15, -0.1) is 0 Å². The molecular formula is C120H142N6. The van der Waals surface area contributed by atoms with Gasteiger partial charge in [0.15, 0.2) is 0 Å². The molecule has 0 radical (unpaired) electrons. The fourth-order valence-electron chi connectivity index (χ4n) is 26.9. The summed E-state index contributed by atoms with van der Waals surface area (Å²) in [5.41, 5.74) is 84.0. The second kappa shape index (κ2) is 29.0. The van der Waals surface area contributed by atoms with E-state index in [1.165, 1.54) is 398 Å². The predicted molar refractivity (Wildman–Crippen MR) is 557 cm³/mol. The third-order valence-corrected chi connectivity index (χ3v) is 35.7. The first-order valence-corrected chi connectivity index (χ1v) is 47.0. The Morgan fingerprint density at radius 2 is 0.206 bits per heavy atom. The van der Waals surface area contributed by atoms with Gasteiger partial charge in [-0.05, 0) is 558 Å². The highest BCUT2D eigenvalue weighted by atomic mass is 15.0. The van der Waals surface area contributed by atoms with Crippen molar-refractivity contribution in [3.63, 3.8) is 0 Å². The van der Waals surface area contributed by atoms with E-state index < -0.39 is 0 Å². The summed E-state index contributed by atoms with van der Waals surface area (Å²) in [6.07, 6.45) is 0. The van der Waals surface area contributed by atoms with Gasteiger partial charge in [0.25, 0.3) is 0 Å². The highest BCUT2D eigenvalue weighted by molar-refractivity contribution is 6.25. The van der Waals surface area contributed by atoms with E-state index in [9.17, 15) is 0 Å². The number of aromatic nitrogens is 6. The molecule has 0 N–H and O–H groups in total. The summed E-state index contributed by atoms with van der Waals surface area (Å²) in [6, 6.07) is 0. The Labute approximate surface area is 752 Å². The number of nitrogens with zero attached hydrogens (tertiary/aromatic N) is 6. The number of fused-ring (bicyclic) bond motifs is 18. The van der Waals surface area contributed by atoms with Crippen LogP contribution in [0.4, 0.5) is 0 Å². The Morgan fingerprint density at radius 1 is 0.111 bits per heavy atom. The second-order valence-corrected chi connectivity index (χ2v) is 40.4. The molecule has 6 heterocycles. The van der Waals surface area contributed by atoms with E-state index in [0.29, 0.717) is 0 Å².